The van der Waals surface area contributed by atoms with Gasteiger partial charge in [-0.05, 0) is 11.6 Å². The Kier molecular flexibility index (Phi) is 0.890. The van der Waals surface area contributed by atoms with Crippen molar-refractivity contribution in [1.29, 1.82) is 0 Å². The summed E-state index contributed by atoms with van der Waals surface area (Å²) in [5.74, 6) is 0. The van der Waals surface area contributed by atoms with Crippen molar-refractivity contribution in [2.45, 2.75) is 6.42 Å². The van der Waals surface area contributed by atoms with E-state index in [-0.39, 0.29) is 0 Å². The average molecular weight is 117 g/mol. The lowest BCUT2D eigenvalue weighted by Gasteiger charge is -1.92. The second kappa shape index (κ2) is 1.69. The standard InChI is InChI=1S/C8H7N/c1-3-7-4-2-6-9-8(7)5-1/h1-4,6H,5H2. The third-order valence-corrected chi connectivity index (χ3v) is 1.53. The monoisotopic (exact) mass is 117 g/mol. The Balaban J connectivity index is 2.63. The molecule has 0 amide bonds. The van der Waals surface area contributed by atoms with E-state index in [9.17, 15) is 0 Å². The van der Waals surface area contributed by atoms with Crippen LogP contribution in [0.3, 0.4) is 0 Å². The SMILES string of the molecule is C1=Cc2cccnc2C1. The highest BCUT2D eigenvalue weighted by Gasteiger charge is 2.02. The van der Waals surface area contributed by atoms with E-state index >= 15 is 0 Å². The molecule has 0 aromatic carbocycles. The van der Waals surface area contributed by atoms with E-state index in [2.05, 4.69) is 23.2 Å². The largest absolute Gasteiger partial charge is 0.260 e. The molecule has 0 saturated heterocycles. The van der Waals surface area contributed by atoms with Crippen molar-refractivity contribution >= 4 is 6.08 Å². The number of aromatic nitrogens is 1. The molecule has 1 aliphatic rings. The molecule has 0 saturated carbocycles. The first-order valence-electron chi connectivity index (χ1n) is 3.07. The van der Waals surface area contributed by atoms with Crippen LogP contribution in [0.5, 0.6) is 0 Å². The van der Waals surface area contributed by atoms with Crippen LogP contribution in [0, 0.1) is 0 Å². The molecule has 0 fully saturated rings. The van der Waals surface area contributed by atoms with E-state index in [1.807, 2.05) is 12.3 Å². The van der Waals surface area contributed by atoms with Gasteiger partial charge in [0, 0.05) is 12.6 Å². The molecule has 1 aromatic rings. The van der Waals surface area contributed by atoms with Crippen molar-refractivity contribution in [3.8, 4) is 0 Å². The van der Waals surface area contributed by atoms with Gasteiger partial charge in [0.05, 0.1) is 5.69 Å². The lowest BCUT2D eigenvalue weighted by Crippen LogP contribution is -1.83. The predicted molar refractivity (Wildman–Crippen MR) is 37.0 cm³/mol. The van der Waals surface area contributed by atoms with E-state index in [0.717, 1.165) is 6.42 Å². The lowest BCUT2D eigenvalue weighted by atomic mass is 10.2. The Hall–Kier alpha value is -1.11. The molecule has 1 aromatic heterocycles. The van der Waals surface area contributed by atoms with E-state index in [1.165, 1.54) is 11.3 Å². The zero-order chi connectivity index (χ0) is 6.10. The van der Waals surface area contributed by atoms with Crippen molar-refractivity contribution in [2.75, 3.05) is 0 Å². The zero-order valence-electron chi connectivity index (χ0n) is 5.04. The Morgan fingerprint density at radius 2 is 2.44 bits per heavy atom. The number of nitrogens with zero attached hydrogens (tertiary/aromatic N) is 1. The second-order valence-electron chi connectivity index (χ2n) is 2.15. The zero-order valence-corrected chi connectivity index (χ0v) is 5.04. The molecule has 2 rings (SSSR count). The Morgan fingerprint density at radius 1 is 1.44 bits per heavy atom. The minimum atomic E-state index is 1.01. The van der Waals surface area contributed by atoms with Crippen molar-refractivity contribution < 1.29 is 0 Å². The van der Waals surface area contributed by atoms with Gasteiger partial charge in [0.1, 0.15) is 0 Å². The van der Waals surface area contributed by atoms with Crippen LogP contribution in [0.2, 0.25) is 0 Å². The van der Waals surface area contributed by atoms with Crippen LogP contribution in [0.25, 0.3) is 6.08 Å². The molecular formula is C8H7N. The summed E-state index contributed by atoms with van der Waals surface area (Å²) in [6.07, 6.45) is 7.10. The normalized spacial score (nSPS) is 13.8. The number of rotatable bonds is 0. The first-order valence-corrected chi connectivity index (χ1v) is 3.07. The van der Waals surface area contributed by atoms with Crippen LogP contribution in [-0.4, -0.2) is 4.98 Å². The fourth-order valence-corrected chi connectivity index (χ4v) is 1.07. The van der Waals surface area contributed by atoms with Gasteiger partial charge >= 0.3 is 0 Å². The number of fused-ring (bicyclic) bond motifs is 1. The third kappa shape index (κ3) is 0.653. The maximum Gasteiger partial charge on any atom is 0.0513 e. The van der Waals surface area contributed by atoms with Crippen LogP contribution in [0.1, 0.15) is 11.3 Å². The van der Waals surface area contributed by atoms with Crippen molar-refractivity contribution in [3.63, 3.8) is 0 Å². The summed E-state index contributed by atoms with van der Waals surface area (Å²) in [6.45, 7) is 0. The molecule has 9 heavy (non-hydrogen) atoms. The van der Waals surface area contributed by atoms with E-state index < -0.39 is 0 Å². The molecule has 0 radical (unpaired) electrons. The van der Waals surface area contributed by atoms with E-state index in [0.29, 0.717) is 0 Å². The topological polar surface area (TPSA) is 12.9 Å². The second-order valence-corrected chi connectivity index (χ2v) is 2.15. The van der Waals surface area contributed by atoms with E-state index in [4.69, 9.17) is 0 Å². The molecule has 0 spiro atoms. The molecule has 1 heteroatoms. The molecule has 1 aliphatic carbocycles. The minimum absolute atomic E-state index is 1.01. The Labute approximate surface area is 54.1 Å². The summed E-state index contributed by atoms with van der Waals surface area (Å²) in [6, 6.07) is 4.06. The number of hydrogen-bond donors (Lipinski definition) is 0. The van der Waals surface area contributed by atoms with Crippen LogP contribution in [-0.2, 0) is 6.42 Å². The quantitative estimate of drug-likeness (QED) is 0.503. The number of pyridine rings is 1. The molecule has 0 aliphatic heterocycles. The van der Waals surface area contributed by atoms with Gasteiger partial charge in [-0.25, -0.2) is 0 Å². The summed E-state index contributed by atoms with van der Waals surface area (Å²) >= 11 is 0. The highest BCUT2D eigenvalue weighted by Crippen LogP contribution is 2.14. The van der Waals surface area contributed by atoms with Crippen molar-refractivity contribution in [1.82, 2.24) is 4.98 Å². The Bertz CT molecular complexity index is 250. The summed E-state index contributed by atoms with van der Waals surface area (Å²) in [5.41, 5.74) is 2.48. The first kappa shape index (κ1) is 4.74. The highest BCUT2D eigenvalue weighted by atomic mass is 14.7. The molecule has 1 heterocycles. The summed E-state index contributed by atoms with van der Waals surface area (Å²) in [4.78, 5) is 4.20. The smallest absolute Gasteiger partial charge is 0.0513 e. The van der Waals surface area contributed by atoms with Gasteiger partial charge in [0.25, 0.3) is 0 Å². The number of allylic oxidation sites excluding steroid dienone is 1. The van der Waals surface area contributed by atoms with Crippen LogP contribution in [0.4, 0.5) is 0 Å². The van der Waals surface area contributed by atoms with Gasteiger partial charge in [0.2, 0.25) is 0 Å². The Morgan fingerprint density at radius 3 is 3.33 bits per heavy atom. The third-order valence-electron chi connectivity index (χ3n) is 1.53. The van der Waals surface area contributed by atoms with Crippen LogP contribution in [0.15, 0.2) is 24.4 Å². The molecule has 0 atom stereocenters. The van der Waals surface area contributed by atoms with Gasteiger partial charge in [-0.3, -0.25) is 4.98 Å². The summed E-state index contributed by atoms with van der Waals surface area (Å²) in [5, 5.41) is 0. The van der Waals surface area contributed by atoms with Crippen molar-refractivity contribution in [2.24, 2.45) is 0 Å². The van der Waals surface area contributed by atoms with Gasteiger partial charge in [0.15, 0.2) is 0 Å². The average Bonchev–Trinajstić information content (AvgIpc) is 2.33. The van der Waals surface area contributed by atoms with Gasteiger partial charge < -0.3 is 0 Å². The maximum atomic E-state index is 4.20. The molecule has 0 N–H and O–H groups in total. The highest BCUT2D eigenvalue weighted by molar-refractivity contribution is 5.57. The minimum Gasteiger partial charge on any atom is -0.260 e. The molecule has 1 nitrogen and oxygen atoms in total. The van der Waals surface area contributed by atoms with E-state index in [1.54, 1.807) is 0 Å². The van der Waals surface area contributed by atoms with Crippen LogP contribution < -0.4 is 0 Å². The summed E-state index contributed by atoms with van der Waals surface area (Å²) < 4.78 is 0. The fourth-order valence-electron chi connectivity index (χ4n) is 1.07. The number of hydrogen-bond acceptors (Lipinski definition) is 1. The van der Waals surface area contributed by atoms with Gasteiger partial charge in [-0.2, -0.15) is 0 Å². The molecular weight excluding hydrogens is 110 g/mol. The van der Waals surface area contributed by atoms with Gasteiger partial charge in [-0.15, -0.1) is 0 Å². The van der Waals surface area contributed by atoms with Crippen molar-refractivity contribution in [3.05, 3.63) is 35.7 Å². The molecule has 44 valence electrons. The predicted octanol–water partition coefficient (Wildman–Crippen LogP) is 1.65. The maximum absolute atomic E-state index is 4.20. The molecule has 0 unspecified atom stereocenters. The molecule has 0 bridgehead atoms. The van der Waals surface area contributed by atoms with Crippen LogP contribution >= 0.6 is 0 Å². The first-order chi connectivity index (χ1) is 4.47. The van der Waals surface area contributed by atoms with Gasteiger partial charge in [-0.1, -0.05) is 18.2 Å². The lowest BCUT2D eigenvalue weighted by molar-refractivity contribution is 1.13. The summed E-state index contributed by atoms with van der Waals surface area (Å²) in [7, 11) is 0. The fraction of sp³-hybridized carbons (Fsp3) is 0.125.